The SMILES string of the molecule is Cc1ccc(NC(=O)N2CCC(C)C2C(=O)O)cc1Br. The maximum absolute atomic E-state index is 12.2. The molecule has 0 bridgehead atoms. The average Bonchev–Trinajstić information content (AvgIpc) is 2.76. The fraction of sp³-hybridized carbons (Fsp3) is 0.429. The van der Waals surface area contributed by atoms with Gasteiger partial charge in [-0.3, -0.25) is 0 Å². The quantitative estimate of drug-likeness (QED) is 0.869. The summed E-state index contributed by atoms with van der Waals surface area (Å²) in [6, 6.07) is 4.39. The molecular formula is C14H17BrN2O3. The Balaban J connectivity index is 2.11. The molecule has 2 amide bonds. The van der Waals surface area contributed by atoms with Crippen molar-refractivity contribution < 1.29 is 14.7 Å². The van der Waals surface area contributed by atoms with E-state index >= 15 is 0 Å². The third-order valence-corrected chi connectivity index (χ3v) is 4.49. The number of carboxylic acid groups (broad SMARTS) is 1. The Morgan fingerprint density at radius 2 is 2.15 bits per heavy atom. The molecule has 1 aliphatic heterocycles. The zero-order valence-electron chi connectivity index (χ0n) is 11.4. The fourth-order valence-electron chi connectivity index (χ4n) is 2.42. The standard InChI is InChI=1S/C14H17BrN2O3/c1-8-3-4-10(7-11(8)15)16-14(20)17-6-5-9(2)12(17)13(18)19/h3-4,7,9,12H,5-6H2,1-2H3,(H,16,20)(H,18,19). The number of nitrogens with one attached hydrogen (secondary N) is 1. The number of carbonyl (C=O) groups excluding carboxylic acids is 1. The van der Waals surface area contributed by atoms with Crippen LogP contribution in [0.25, 0.3) is 0 Å². The Labute approximate surface area is 126 Å². The smallest absolute Gasteiger partial charge is 0.326 e. The molecule has 1 aromatic carbocycles. The lowest BCUT2D eigenvalue weighted by atomic mass is 10.0. The Morgan fingerprint density at radius 1 is 1.45 bits per heavy atom. The van der Waals surface area contributed by atoms with Gasteiger partial charge in [0, 0.05) is 16.7 Å². The summed E-state index contributed by atoms with van der Waals surface area (Å²) in [6.45, 7) is 4.28. The molecule has 5 nitrogen and oxygen atoms in total. The van der Waals surface area contributed by atoms with E-state index in [4.69, 9.17) is 0 Å². The van der Waals surface area contributed by atoms with Crippen molar-refractivity contribution in [2.75, 3.05) is 11.9 Å². The zero-order valence-corrected chi connectivity index (χ0v) is 13.0. The van der Waals surface area contributed by atoms with Gasteiger partial charge < -0.3 is 15.3 Å². The number of benzene rings is 1. The highest BCUT2D eigenvalue weighted by molar-refractivity contribution is 9.10. The molecule has 1 heterocycles. The van der Waals surface area contributed by atoms with Crippen LogP contribution in [-0.2, 0) is 4.79 Å². The number of urea groups is 1. The molecule has 2 N–H and O–H groups in total. The Kier molecular flexibility index (Phi) is 4.32. The number of hydrogen-bond donors (Lipinski definition) is 2. The molecule has 0 aromatic heterocycles. The van der Waals surface area contributed by atoms with Gasteiger partial charge >= 0.3 is 12.0 Å². The molecule has 1 aromatic rings. The van der Waals surface area contributed by atoms with Gasteiger partial charge in [0.2, 0.25) is 0 Å². The summed E-state index contributed by atoms with van der Waals surface area (Å²) in [5.74, 6) is -0.974. The number of likely N-dealkylation sites (tertiary alicyclic amines) is 1. The predicted octanol–water partition coefficient (Wildman–Crippen LogP) is 3.08. The predicted molar refractivity (Wildman–Crippen MR) is 79.8 cm³/mol. The van der Waals surface area contributed by atoms with Gasteiger partial charge in [0.1, 0.15) is 6.04 Å². The second-order valence-electron chi connectivity index (χ2n) is 5.14. The first-order valence-electron chi connectivity index (χ1n) is 6.46. The normalized spacial score (nSPS) is 21.9. The van der Waals surface area contributed by atoms with Gasteiger partial charge in [0.25, 0.3) is 0 Å². The molecule has 108 valence electrons. The number of amides is 2. The van der Waals surface area contributed by atoms with E-state index in [-0.39, 0.29) is 11.9 Å². The highest BCUT2D eigenvalue weighted by Crippen LogP contribution is 2.26. The van der Waals surface area contributed by atoms with Crippen molar-refractivity contribution in [1.82, 2.24) is 4.90 Å². The van der Waals surface area contributed by atoms with Gasteiger partial charge in [0.05, 0.1) is 0 Å². The third-order valence-electron chi connectivity index (χ3n) is 3.64. The zero-order chi connectivity index (χ0) is 14.9. The van der Waals surface area contributed by atoms with Gasteiger partial charge in [-0.2, -0.15) is 0 Å². The first kappa shape index (κ1) is 14.8. The third kappa shape index (κ3) is 2.95. The number of anilines is 1. The van der Waals surface area contributed by atoms with Crippen LogP contribution >= 0.6 is 15.9 Å². The summed E-state index contributed by atoms with van der Waals surface area (Å²) in [5, 5.41) is 12.0. The fourth-order valence-corrected chi connectivity index (χ4v) is 2.80. The van der Waals surface area contributed by atoms with Crippen molar-refractivity contribution in [1.29, 1.82) is 0 Å². The lowest BCUT2D eigenvalue weighted by molar-refractivity contribution is -0.142. The van der Waals surface area contributed by atoms with Gasteiger partial charge in [-0.05, 0) is 37.0 Å². The lowest BCUT2D eigenvalue weighted by Gasteiger charge is -2.23. The summed E-state index contributed by atoms with van der Waals surface area (Å²) < 4.78 is 0.903. The van der Waals surface area contributed by atoms with Crippen LogP contribution in [0.2, 0.25) is 0 Å². The second-order valence-corrected chi connectivity index (χ2v) is 5.99. The molecule has 2 atom stereocenters. The van der Waals surface area contributed by atoms with Crippen molar-refractivity contribution in [3.05, 3.63) is 28.2 Å². The van der Waals surface area contributed by atoms with E-state index in [0.29, 0.717) is 18.7 Å². The molecule has 6 heteroatoms. The number of carbonyl (C=O) groups is 2. The molecule has 1 saturated heterocycles. The molecule has 0 saturated carbocycles. The van der Waals surface area contributed by atoms with Crippen LogP contribution in [0.15, 0.2) is 22.7 Å². The van der Waals surface area contributed by atoms with Crippen molar-refractivity contribution in [3.8, 4) is 0 Å². The van der Waals surface area contributed by atoms with E-state index in [1.807, 2.05) is 26.0 Å². The number of nitrogens with zero attached hydrogens (tertiary/aromatic N) is 1. The Bertz CT molecular complexity index is 547. The largest absolute Gasteiger partial charge is 0.480 e. The molecule has 20 heavy (non-hydrogen) atoms. The summed E-state index contributed by atoms with van der Waals surface area (Å²) in [5.41, 5.74) is 1.72. The van der Waals surface area contributed by atoms with Crippen LogP contribution in [0.3, 0.4) is 0 Å². The van der Waals surface area contributed by atoms with Crippen LogP contribution in [-0.4, -0.2) is 34.6 Å². The van der Waals surface area contributed by atoms with Crippen LogP contribution in [0.4, 0.5) is 10.5 Å². The topological polar surface area (TPSA) is 69.6 Å². The minimum absolute atomic E-state index is 0.0250. The summed E-state index contributed by atoms with van der Waals surface area (Å²) in [6.07, 6.45) is 0.710. The average molecular weight is 341 g/mol. The molecule has 0 spiro atoms. The molecule has 0 aliphatic carbocycles. The van der Waals surface area contributed by atoms with Crippen molar-refractivity contribution >= 4 is 33.6 Å². The van der Waals surface area contributed by atoms with Gasteiger partial charge in [-0.25, -0.2) is 9.59 Å². The molecule has 2 rings (SSSR count). The monoisotopic (exact) mass is 340 g/mol. The molecule has 1 fully saturated rings. The molecule has 1 aliphatic rings. The van der Waals surface area contributed by atoms with E-state index in [1.54, 1.807) is 6.07 Å². The van der Waals surface area contributed by atoms with Crippen molar-refractivity contribution in [3.63, 3.8) is 0 Å². The van der Waals surface area contributed by atoms with Crippen LogP contribution in [0.5, 0.6) is 0 Å². The van der Waals surface area contributed by atoms with Crippen LogP contribution < -0.4 is 5.32 Å². The lowest BCUT2D eigenvalue weighted by Crippen LogP contribution is -2.44. The van der Waals surface area contributed by atoms with Gasteiger partial charge in [-0.1, -0.05) is 28.9 Å². The van der Waals surface area contributed by atoms with Crippen LogP contribution in [0, 0.1) is 12.8 Å². The number of aliphatic carboxylic acids is 1. The van der Waals surface area contributed by atoms with E-state index in [2.05, 4.69) is 21.2 Å². The number of hydrogen-bond acceptors (Lipinski definition) is 2. The Hall–Kier alpha value is -1.56. The molecule has 2 unspecified atom stereocenters. The summed E-state index contributed by atoms with van der Waals surface area (Å²) in [4.78, 5) is 24.8. The van der Waals surface area contributed by atoms with Crippen molar-refractivity contribution in [2.24, 2.45) is 5.92 Å². The first-order chi connectivity index (χ1) is 9.40. The number of carboxylic acids is 1. The van der Waals surface area contributed by atoms with E-state index in [0.717, 1.165) is 10.0 Å². The maximum atomic E-state index is 12.2. The summed E-state index contributed by atoms with van der Waals surface area (Å²) in [7, 11) is 0. The van der Waals surface area contributed by atoms with Gasteiger partial charge in [-0.15, -0.1) is 0 Å². The van der Waals surface area contributed by atoms with E-state index < -0.39 is 12.0 Å². The van der Waals surface area contributed by atoms with Gasteiger partial charge in [0.15, 0.2) is 0 Å². The molecular weight excluding hydrogens is 324 g/mol. The highest BCUT2D eigenvalue weighted by atomic mass is 79.9. The first-order valence-corrected chi connectivity index (χ1v) is 7.26. The van der Waals surface area contributed by atoms with Crippen molar-refractivity contribution in [2.45, 2.75) is 26.3 Å². The minimum Gasteiger partial charge on any atom is -0.480 e. The second kappa shape index (κ2) is 5.83. The highest BCUT2D eigenvalue weighted by Gasteiger charge is 2.39. The molecule has 0 radical (unpaired) electrons. The number of aryl methyl sites for hydroxylation is 1. The summed E-state index contributed by atoms with van der Waals surface area (Å²) >= 11 is 3.41. The number of rotatable bonds is 2. The van der Waals surface area contributed by atoms with E-state index in [1.165, 1.54) is 4.90 Å². The Morgan fingerprint density at radius 3 is 2.75 bits per heavy atom. The maximum Gasteiger partial charge on any atom is 0.326 e. The van der Waals surface area contributed by atoms with Crippen LogP contribution in [0.1, 0.15) is 18.9 Å². The van der Waals surface area contributed by atoms with E-state index in [9.17, 15) is 14.7 Å². The number of halogens is 1. The minimum atomic E-state index is -0.949.